The summed E-state index contributed by atoms with van der Waals surface area (Å²) < 4.78 is 39.2. The maximum absolute atomic E-state index is 13.1. The molecule has 0 amide bonds. The highest BCUT2D eigenvalue weighted by molar-refractivity contribution is 7.98. The second kappa shape index (κ2) is 6.58. The molecule has 2 N–H and O–H groups in total. The molecule has 1 aromatic carbocycles. The van der Waals surface area contributed by atoms with Crippen LogP contribution in [0.1, 0.15) is 13.3 Å². The van der Waals surface area contributed by atoms with Gasteiger partial charge in [0.1, 0.15) is 5.82 Å². The fourth-order valence-corrected chi connectivity index (χ4v) is 4.12. The van der Waals surface area contributed by atoms with Crippen molar-refractivity contribution in [2.75, 3.05) is 24.8 Å². The third-order valence-corrected chi connectivity index (χ3v) is 5.61. The van der Waals surface area contributed by atoms with Crippen LogP contribution in [0.3, 0.4) is 0 Å². The van der Waals surface area contributed by atoms with E-state index in [1.54, 1.807) is 18.8 Å². The molecule has 0 spiro atoms. The number of rotatable bonds is 6. The zero-order chi connectivity index (χ0) is 14.6. The Balaban J connectivity index is 3.11. The number of nitrogens with zero attached hydrogens (tertiary/aromatic N) is 1. The first-order valence-electron chi connectivity index (χ1n) is 5.86. The molecular weight excluding hydrogens is 287 g/mol. The van der Waals surface area contributed by atoms with Gasteiger partial charge in [-0.25, -0.2) is 12.8 Å². The van der Waals surface area contributed by atoms with E-state index < -0.39 is 15.8 Å². The van der Waals surface area contributed by atoms with Crippen LogP contribution >= 0.6 is 11.8 Å². The predicted molar refractivity (Wildman–Crippen MR) is 78.2 cm³/mol. The van der Waals surface area contributed by atoms with Crippen LogP contribution in [0.2, 0.25) is 0 Å². The average molecular weight is 306 g/mol. The maximum atomic E-state index is 13.1. The van der Waals surface area contributed by atoms with E-state index in [0.717, 1.165) is 12.1 Å². The SMILES string of the molecule is CCC(CSC)N(C)S(=O)(=O)c1ccc(F)c(N)c1. The van der Waals surface area contributed by atoms with Gasteiger partial charge in [0, 0.05) is 18.8 Å². The number of benzene rings is 1. The number of hydrogen-bond donors (Lipinski definition) is 1. The highest BCUT2D eigenvalue weighted by Crippen LogP contribution is 2.22. The van der Waals surface area contributed by atoms with E-state index in [1.165, 1.54) is 10.4 Å². The molecule has 0 saturated carbocycles. The van der Waals surface area contributed by atoms with E-state index in [-0.39, 0.29) is 16.6 Å². The molecule has 0 saturated heterocycles. The van der Waals surface area contributed by atoms with Crippen LogP contribution in [-0.4, -0.2) is 37.8 Å². The number of sulfonamides is 1. The number of halogens is 1. The third-order valence-electron chi connectivity index (χ3n) is 2.99. The number of nitrogens with two attached hydrogens (primary N) is 1. The quantitative estimate of drug-likeness (QED) is 0.818. The standard InChI is InChI=1S/C12H19FN2O2S2/c1-4-9(8-18-3)15(2)19(16,17)10-5-6-11(13)12(14)7-10/h5-7,9H,4,8,14H2,1-3H3. The van der Waals surface area contributed by atoms with Gasteiger partial charge in [-0.15, -0.1) is 0 Å². The maximum Gasteiger partial charge on any atom is 0.243 e. The van der Waals surface area contributed by atoms with E-state index in [1.807, 2.05) is 13.2 Å². The highest BCUT2D eigenvalue weighted by Gasteiger charge is 2.27. The molecule has 0 aromatic heterocycles. The minimum atomic E-state index is -3.64. The van der Waals surface area contributed by atoms with Crippen LogP contribution in [0.15, 0.2) is 23.1 Å². The molecule has 1 aromatic rings. The van der Waals surface area contributed by atoms with Gasteiger partial charge in [0.2, 0.25) is 10.0 Å². The zero-order valence-electron chi connectivity index (χ0n) is 11.3. The van der Waals surface area contributed by atoms with Gasteiger partial charge in [0.25, 0.3) is 0 Å². The summed E-state index contributed by atoms with van der Waals surface area (Å²) >= 11 is 1.59. The first-order chi connectivity index (χ1) is 8.84. The van der Waals surface area contributed by atoms with Crippen molar-refractivity contribution < 1.29 is 12.8 Å². The Bertz CT molecular complexity index is 535. The molecule has 0 aliphatic rings. The van der Waals surface area contributed by atoms with Crippen molar-refractivity contribution in [2.45, 2.75) is 24.3 Å². The Hall–Kier alpha value is -0.790. The van der Waals surface area contributed by atoms with E-state index in [4.69, 9.17) is 5.73 Å². The minimum Gasteiger partial charge on any atom is -0.396 e. The zero-order valence-corrected chi connectivity index (χ0v) is 12.9. The van der Waals surface area contributed by atoms with Crippen molar-refractivity contribution in [2.24, 2.45) is 0 Å². The van der Waals surface area contributed by atoms with Gasteiger partial charge in [-0.05, 0) is 30.9 Å². The average Bonchev–Trinajstić information content (AvgIpc) is 2.38. The van der Waals surface area contributed by atoms with E-state index in [2.05, 4.69) is 0 Å². The fourth-order valence-electron chi connectivity index (χ4n) is 1.72. The minimum absolute atomic E-state index is 0.0217. The topological polar surface area (TPSA) is 63.4 Å². The normalized spacial score (nSPS) is 13.7. The van der Waals surface area contributed by atoms with Crippen molar-refractivity contribution in [3.63, 3.8) is 0 Å². The Labute approximate surface area is 118 Å². The lowest BCUT2D eigenvalue weighted by Crippen LogP contribution is -2.38. The number of hydrogen-bond acceptors (Lipinski definition) is 4. The summed E-state index contributed by atoms with van der Waals surface area (Å²) in [5, 5.41) is 0. The molecule has 1 rings (SSSR count). The molecule has 1 atom stereocenters. The molecule has 7 heteroatoms. The smallest absolute Gasteiger partial charge is 0.243 e. The molecule has 0 heterocycles. The Kier molecular flexibility index (Phi) is 5.64. The molecular formula is C12H19FN2O2S2. The van der Waals surface area contributed by atoms with Gasteiger partial charge in [0.05, 0.1) is 10.6 Å². The van der Waals surface area contributed by atoms with E-state index >= 15 is 0 Å². The van der Waals surface area contributed by atoms with Crippen LogP contribution in [0, 0.1) is 5.82 Å². The highest BCUT2D eigenvalue weighted by atomic mass is 32.2. The molecule has 0 aliphatic heterocycles. The lowest BCUT2D eigenvalue weighted by molar-refractivity contribution is 0.385. The van der Waals surface area contributed by atoms with Crippen molar-refractivity contribution >= 4 is 27.5 Å². The Morgan fingerprint density at radius 1 is 1.47 bits per heavy atom. The molecule has 19 heavy (non-hydrogen) atoms. The van der Waals surface area contributed by atoms with E-state index in [9.17, 15) is 12.8 Å². The van der Waals surface area contributed by atoms with Crippen molar-refractivity contribution in [1.82, 2.24) is 4.31 Å². The molecule has 4 nitrogen and oxygen atoms in total. The van der Waals surface area contributed by atoms with Gasteiger partial charge in [0.15, 0.2) is 0 Å². The van der Waals surface area contributed by atoms with Crippen LogP contribution in [0.5, 0.6) is 0 Å². The Morgan fingerprint density at radius 3 is 2.58 bits per heavy atom. The molecule has 0 aliphatic carbocycles. The second-order valence-electron chi connectivity index (χ2n) is 4.22. The summed E-state index contributed by atoms with van der Waals surface area (Å²) in [6.07, 6.45) is 2.65. The molecule has 0 bridgehead atoms. The van der Waals surface area contributed by atoms with Crippen LogP contribution < -0.4 is 5.73 Å². The largest absolute Gasteiger partial charge is 0.396 e. The van der Waals surface area contributed by atoms with Gasteiger partial charge in [-0.2, -0.15) is 16.1 Å². The summed E-state index contributed by atoms with van der Waals surface area (Å²) in [5.41, 5.74) is 5.26. The summed E-state index contributed by atoms with van der Waals surface area (Å²) in [6, 6.07) is 3.38. The van der Waals surface area contributed by atoms with Crippen molar-refractivity contribution in [3.05, 3.63) is 24.0 Å². The summed E-state index contributed by atoms with van der Waals surface area (Å²) in [5.74, 6) is 0.0980. The molecule has 1 unspecified atom stereocenters. The number of anilines is 1. The fraction of sp³-hybridized carbons (Fsp3) is 0.500. The second-order valence-corrected chi connectivity index (χ2v) is 7.13. The van der Waals surface area contributed by atoms with Crippen molar-refractivity contribution in [3.8, 4) is 0 Å². The molecule has 0 fully saturated rings. The predicted octanol–water partition coefficient (Wildman–Crippen LogP) is 2.17. The number of nitrogen functional groups attached to an aromatic ring is 1. The van der Waals surface area contributed by atoms with Crippen LogP contribution in [0.25, 0.3) is 0 Å². The number of thioether (sulfide) groups is 1. The van der Waals surface area contributed by atoms with Gasteiger partial charge in [-0.3, -0.25) is 0 Å². The van der Waals surface area contributed by atoms with Crippen LogP contribution in [0.4, 0.5) is 10.1 Å². The van der Waals surface area contributed by atoms with Gasteiger partial charge < -0.3 is 5.73 Å². The lowest BCUT2D eigenvalue weighted by Gasteiger charge is -2.26. The summed E-state index contributed by atoms with van der Waals surface area (Å²) in [4.78, 5) is 0.0217. The van der Waals surface area contributed by atoms with Gasteiger partial charge in [-0.1, -0.05) is 6.92 Å². The van der Waals surface area contributed by atoms with Crippen molar-refractivity contribution in [1.29, 1.82) is 0 Å². The monoisotopic (exact) mass is 306 g/mol. The van der Waals surface area contributed by atoms with Crippen LogP contribution in [-0.2, 0) is 10.0 Å². The first kappa shape index (κ1) is 16.3. The summed E-state index contributed by atoms with van der Waals surface area (Å²) in [6.45, 7) is 1.94. The van der Waals surface area contributed by atoms with E-state index in [0.29, 0.717) is 12.2 Å². The lowest BCUT2D eigenvalue weighted by atomic mass is 10.3. The van der Waals surface area contributed by atoms with Gasteiger partial charge >= 0.3 is 0 Å². The Morgan fingerprint density at radius 2 is 2.11 bits per heavy atom. The summed E-state index contributed by atoms with van der Waals surface area (Å²) in [7, 11) is -2.10. The molecule has 0 radical (unpaired) electrons. The molecule has 108 valence electrons. The third kappa shape index (κ3) is 3.61. The first-order valence-corrected chi connectivity index (χ1v) is 8.70.